The summed E-state index contributed by atoms with van der Waals surface area (Å²) in [5, 5.41) is 0. The van der Waals surface area contributed by atoms with Crippen LogP contribution in [0, 0.1) is 0 Å². The predicted octanol–water partition coefficient (Wildman–Crippen LogP) is -0.843. The Morgan fingerprint density at radius 1 is 1.27 bits per heavy atom. The Hall–Kier alpha value is -1.14. The first-order chi connectivity index (χ1) is 6.63. The fraction of sp³-hybridized carbons (Fsp3) is 0.778. The third-order valence-corrected chi connectivity index (χ3v) is 1.57. The number of rotatable bonds is 4. The van der Waals surface area contributed by atoms with Gasteiger partial charge in [-0.15, -0.1) is 0 Å². The van der Waals surface area contributed by atoms with Crippen LogP contribution in [0.5, 0.6) is 0 Å². The number of carbonyl (C=O) groups is 2. The summed E-state index contributed by atoms with van der Waals surface area (Å²) in [5.74, 6) is -1.86. The zero-order valence-corrected chi connectivity index (χ0v) is 9.49. The molecule has 0 aliphatic carbocycles. The Labute approximate surface area is 88.9 Å². The third kappa shape index (κ3) is 3.85. The van der Waals surface area contributed by atoms with Crippen LogP contribution in [0.3, 0.4) is 0 Å². The fourth-order valence-electron chi connectivity index (χ4n) is 0.827. The van der Waals surface area contributed by atoms with Crippen LogP contribution in [0.1, 0.15) is 20.8 Å². The Balaban J connectivity index is 4.79. The maximum atomic E-state index is 11.6. The van der Waals surface area contributed by atoms with E-state index in [-0.39, 0.29) is 6.61 Å². The molecule has 6 heteroatoms. The molecule has 1 atom stereocenters. The highest BCUT2D eigenvalue weighted by Crippen LogP contribution is 2.13. The number of amides is 1. The van der Waals surface area contributed by atoms with Crippen molar-refractivity contribution in [2.24, 2.45) is 11.5 Å². The van der Waals surface area contributed by atoms with E-state index in [9.17, 15) is 9.59 Å². The van der Waals surface area contributed by atoms with Crippen LogP contribution >= 0.6 is 0 Å². The zero-order valence-electron chi connectivity index (χ0n) is 9.49. The molecule has 4 N–H and O–H groups in total. The van der Waals surface area contributed by atoms with E-state index in [1.165, 1.54) is 7.11 Å². The third-order valence-electron chi connectivity index (χ3n) is 1.57. The number of esters is 1. The first-order valence-corrected chi connectivity index (χ1v) is 4.44. The van der Waals surface area contributed by atoms with Crippen LogP contribution in [0.4, 0.5) is 0 Å². The van der Waals surface area contributed by atoms with E-state index in [0.29, 0.717) is 0 Å². The maximum absolute atomic E-state index is 11.6. The molecule has 15 heavy (non-hydrogen) atoms. The summed E-state index contributed by atoms with van der Waals surface area (Å²) in [7, 11) is 1.31. The van der Waals surface area contributed by atoms with Gasteiger partial charge < -0.3 is 20.9 Å². The minimum atomic E-state index is -1.93. The molecule has 0 saturated carbocycles. The van der Waals surface area contributed by atoms with Crippen molar-refractivity contribution in [1.29, 1.82) is 0 Å². The second kappa shape index (κ2) is 4.59. The quantitative estimate of drug-likeness (QED) is 0.472. The SMILES string of the molecule is COCC(N)(C(N)=O)C(=O)OC(C)(C)C. The molecule has 1 amide bonds. The van der Waals surface area contributed by atoms with E-state index in [1.54, 1.807) is 20.8 Å². The molecule has 0 saturated heterocycles. The second-order valence-electron chi connectivity index (χ2n) is 4.27. The van der Waals surface area contributed by atoms with Crippen LogP contribution in [0.25, 0.3) is 0 Å². The van der Waals surface area contributed by atoms with E-state index in [4.69, 9.17) is 16.2 Å². The van der Waals surface area contributed by atoms with Crippen molar-refractivity contribution in [3.63, 3.8) is 0 Å². The van der Waals surface area contributed by atoms with Gasteiger partial charge in [0.25, 0.3) is 5.91 Å². The topological polar surface area (TPSA) is 105 Å². The number of ether oxygens (including phenoxy) is 2. The molecule has 0 aliphatic rings. The first kappa shape index (κ1) is 13.9. The Kier molecular flexibility index (Phi) is 4.24. The van der Waals surface area contributed by atoms with Gasteiger partial charge in [0.1, 0.15) is 5.60 Å². The summed E-state index contributed by atoms with van der Waals surface area (Å²) in [5.41, 5.74) is 7.90. The number of hydrogen-bond donors (Lipinski definition) is 2. The lowest BCUT2D eigenvalue weighted by molar-refractivity contribution is -0.166. The van der Waals surface area contributed by atoms with Gasteiger partial charge in [0, 0.05) is 7.11 Å². The Morgan fingerprint density at radius 3 is 2.00 bits per heavy atom. The van der Waals surface area contributed by atoms with Gasteiger partial charge in [-0.3, -0.25) is 4.79 Å². The number of carbonyl (C=O) groups excluding carboxylic acids is 2. The minimum Gasteiger partial charge on any atom is -0.458 e. The van der Waals surface area contributed by atoms with Crippen LogP contribution in [-0.2, 0) is 19.1 Å². The summed E-state index contributed by atoms with van der Waals surface area (Å²) in [6, 6.07) is 0. The molecule has 1 unspecified atom stereocenters. The Bertz CT molecular complexity index is 259. The number of primary amides is 1. The standard InChI is InChI=1S/C9H18N2O4/c1-8(2,3)15-7(13)9(11,5-14-4)6(10)12/h5,11H2,1-4H3,(H2,10,12). The van der Waals surface area contributed by atoms with Crippen LogP contribution in [0.2, 0.25) is 0 Å². The van der Waals surface area contributed by atoms with Gasteiger partial charge in [-0.25, -0.2) is 4.79 Å². The summed E-state index contributed by atoms with van der Waals surface area (Å²) < 4.78 is 9.65. The molecular weight excluding hydrogens is 200 g/mol. The summed E-state index contributed by atoms with van der Waals surface area (Å²) in [6.45, 7) is 4.69. The van der Waals surface area contributed by atoms with Gasteiger partial charge in [0.05, 0.1) is 6.61 Å². The van der Waals surface area contributed by atoms with Gasteiger partial charge >= 0.3 is 5.97 Å². The van der Waals surface area contributed by atoms with Gasteiger partial charge in [-0.2, -0.15) is 0 Å². The Morgan fingerprint density at radius 2 is 1.73 bits per heavy atom. The van der Waals surface area contributed by atoms with E-state index in [2.05, 4.69) is 4.74 Å². The zero-order chi connectivity index (χ0) is 12.3. The highest BCUT2D eigenvalue weighted by Gasteiger charge is 2.43. The molecule has 0 bridgehead atoms. The summed E-state index contributed by atoms with van der Waals surface area (Å²) in [4.78, 5) is 22.6. The predicted molar refractivity (Wildman–Crippen MR) is 53.8 cm³/mol. The van der Waals surface area contributed by atoms with Crippen LogP contribution in [0.15, 0.2) is 0 Å². The maximum Gasteiger partial charge on any atom is 0.338 e. The highest BCUT2D eigenvalue weighted by molar-refractivity contribution is 6.06. The number of methoxy groups -OCH3 is 1. The average molecular weight is 218 g/mol. The van der Waals surface area contributed by atoms with E-state index >= 15 is 0 Å². The molecule has 0 aliphatic heterocycles. The van der Waals surface area contributed by atoms with Crippen molar-refractivity contribution in [2.75, 3.05) is 13.7 Å². The van der Waals surface area contributed by atoms with Gasteiger partial charge in [-0.05, 0) is 20.8 Å². The lowest BCUT2D eigenvalue weighted by Crippen LogP contribution is -2.62. The molecule has 0 rings (SSSR count). The van der Waals surface area contributed by atoms with Crippen LogP contribution < -0.4 is 11.5 Å². The highest BCUT2D eigenvalue weighted by atomic mass is 16.6. The summed E-state index contributed by atoms with van der Waals surface area (Å²) in [6.07, 6.45) is 0. The second-order valence-corrected chi connectivity index (χ2v) is 4.27. The molecule has 0 heterocycles. The lowest BCUT2D eigenvalue weighted by atomic mass is 10.0. The van der Waals surface area contributed by atoms with Crippen molar-refractivity contribution in [3.8, 4) is 0 Å². The molecule has 0 aromatic carbocycles. The molecular formula is C9H18N2O4. The van der Waals surface area contributed by atoms with Gasteiger partial charge in [0.15, 0.2) is 0 Å². The molecule has 6 nitrogen and oxygen atoms in total. The van der Waals surface area contributed by atoms with Crippen molar-refractivity contribution in [1.82, 2.24) is 0 Å². The van der Waals surface area contributed by atoms with Crippen LogP contribution in [-0.4, -0.2) is 36.7 Å². The van der Waals surface area contributed by atoms with Crippen molar-refractivity contribution in [3.05, 3.63) is 0 Å². The van der Waals surface area contributed by atoms with E-state index in [1.807, 2.05) is 0 Å². The fourth-order valence-corrected chi connectivity index (χ4v) is 0.827. The summed E-state index contributed by atoms with van der Waals surface area (Å²) >= 11 is 0. The van der Waals surface area contributed by atoms with Gasteiger partial charge in [-0.1, -0.05) is 0 Å². The molecule has 0 aromatic heterocycles. The van der Waals surface area contributed by atoms with Crippen molar-refractivity contribution in [2.45, 2.75) is 31.9 Å². The first-order valence-electron chi connectivity index (χ1n) is 4.44. The molecule has 88 valence electrons. The lowest BCUT2D eigenvalue weighted by Gasteiger charge is -2.28. The molecule has 0 aromatic rings. The van der Waals surface area contributed by atoms with E-state index < -0.39 is 23.0 Å². The molecule has 0 radical (unpaired) electrons. The largest absolute Gasteiger partial charge is 0.458 e. The average Bonchev–Trinajstić information content (AvgIpc) is 2.00. The minimum absolute atomic E-state index is 0.308. The number of nitrogens with two attached hydrogens (primary N) is 2. The normalized spacial score (nSPS) is 15.5. The molecule has 0 fully saturated rings. The molecule has 0 spiro atoms. The monoisotopic (exact) mass is 218 g/mol. The van der Waals surface area contributed by atoms with Crippen molar-refractivity contribution < 1.29 is 19.1 Å². The number of hydrogen-bond acceptors (Lipinski definition) is 5. The van der Waals surface area contributed by atoms with E-state index in [0.717, 1.165) is 0 Å². The smallest absolute Gasteiger partial charge is 0.338 e. The van der Waals surface area contributed by atoms with Crippen molar-refractivity contribution >= 4 is 11.9 Å². The van der Waals surface area contributed by atoms with Gasteiger partial charge in [0.2, 0.25) is 5.54 Å².